The number of fused-ring (bicyclic) bond motifs is 5. The van der Waals surface area contributed by atoms with E-state index in [4.69, 9.17) is 10.5 Å². The number of nitrogen functional groups attached to an aromatic ring is 1. The molecule has 1 aromatic carbocycles. The number of nitrogens with zero attached hydrogens (tertiary/aromatic N) is 2. The number of carbonyl (C=O) groups is 3. The molecule has 0 unspecified atom stereocenters. The number of rotatable bonds is 11. The van der Waals surface area contributed by atoms with Crippen LogP contribution in [0.25, 0.3) is 0 Å². The van der Waals surface area contributed by atoms with E-state index in [1.165, 1.54) is 56.6 Å². The third-order valence-corrected chi connectivity index (χ3v) is 14.2. The highest BCUT2D eigenvalue weighted by Gasteiger charge is 2.59. The molecule has 56 heavy (non-hydrogen) atoms. The average Bonchev–Trinajstić information content (AvgIpc) is 3.52. The topological polar surface area (TPSA) is 148 Å². The van der Waals surface area contributed by atoms with Gasteiger partial charge in [0.15, 0.2) is 0 Å². The molecule has 5 N–H and O–H groups in total. The van der Waals surface area contributed by atoms with Gasteiger partial charge in [0.25, 0.3) is 11.8 Å². The zero-order valence-electron chi connectivity index (χ0n) is 33.8. The van der Waals surface area contributed by atoms with E-state index in [9.17, 15) is 14.4 Å². The molecule has 3 aromatic rings. The van der Waals surface area contributed by atoms with Gasteiger partial charge in [0.2, 0.25) is 0 Å². The van der Waals surface area contributed by atoms with Gasteiger partial charge < -0.3 is 21.1 Å². The predicted molar refractivity (Wildman–Crippen MR) is 222 cm³/mol. The predicted octanol–water partition coefficient (Wildman–Crippen LogP) is 10.5. The lowest BCUT2D eigenvalue weighted by molar-refractivity contribution is -0.0577. The van der Waals surface area contributed by atoms with Crippen LogP contribution in [0.1, 0.15) is 126 Å². The van der Waals surface area contributed by atoms with Crippen molar-refractivity contribution in [3.05, 3.63) is 83.4 Å². The highest BCUT2D eigenvalue weighted by atomic mass is 16.6. The van der Waals surface area contributed by atoms with Gasteiger partial charge in [-0.25, -0.2) is 14.8 Å². The molecule has 10 nitrogen and oxygen atoms in total. The van der Waals surface area contributed by atoms with Crippen LogP contribution >= 0.6 is 0 Å². The number of anilines is 4. The Labute approximate surface area is 332 Å². The van der Waals surface area contributed by atoms with Crippen LogP contribution in [0.2, 0.25) is 0 Å². The summed E-state index contributed by atoms with van der Waals surface area (Å²) in [6.45, 7) is 12.4. The van der Waals surface area contributed by atoms with E-state index in [0.29, 0.717) is 17.2 Å². The van der Waals surface area contributed by atoms with E-state index in [-0.39, 0.29) is 40.1 Å². The Morgan fingerprint density at radius 3 is 2.16 bits per heavy atom. The molecule has 3 amide bonds. The Balaban J connectivity index is 0.922. The molecule has 3 fully saturated rings. The Hall–Kier alpha value is -4.73. The minimum atomic E-state index is -0.551. The van der Waals surface area contributed by atoms with Crippen LogP contribution in [-0.2, 0) is 4.74 Å². The zero-order valence-corrected chi connectivity index (χ0v) is 33.8. The van der Waals surface area contributed by atoms with Gasteiger partial charge in [0.05, 0.1) is 0 Å². The zero-order chi connectivity index (χ0) is 39.6. The van der Waals surface area contributed by atoms with E-state index in [2.05, 4.69) is 66.6 Å². The van der Waals surface area contributed by atoms with Crippen molar-refractivity contribution in [2.75, 3.05) is 21.7 Å². The summed E-state index contributed by atoms with van der Waals surface area (Å²) in [6, 6.07) is 16.3. The van der Waals surface area contributed by atoms with Crippen LogP contribution in [0.15, 0.2) is 72.3 Å². The van der Waals surface area contributed by atoms with Crippen molar-refractivity contribution in [1.82, 2.24) is 9.97 Å². The second-order valence-electron chi connectivity index (χ2n) is 18.0. The highest BCUT2D eigenvalue weighted by Crippen LogP contribution is 2.67. The van der Waals surface area contributed by atoms with Gasteiger partial charge in [0.1, 0.15) is 29.4 Å². The number of allylic oxidation sites excluding steroid dienone is 1. The fourth-order valence-corrected chi connectivity index (χ4v) is 11.3. The number of aromatic nitrogens is 2. The molecule has 10 heteroatoms. The monoisotopic (exact) mass is 760 g/mol. The largest absolute Gasteiger partial charge is 0.446 e. The van der Waals surface area contributed by atoms with Crippen molar-refractivity contribution in [3.63, 3.8) is 0 Å². The Kier molecular flexibility index (Phi) is 11.6. The summed E-state index contributed by atoms with van der Waals surface area (Å²) in [5.74, 6) is 4.97. The quantitative estimate of drug-likeness (QED) is 0.142. The molecule has 0 aliphatic heterocycles. The van der Waals surface area contributed by atoms with Gasteiger partial charge in [-0.05, 0) is 134 Å². The fourth-order valence-electron chi connectivity index (χ4n) is 11.3. The van der Waals surface area contributed by atoms with Gasteiger partial charge in [-0.2, -0.15) is 0 Å². The maximum Gasteiger partial charge on any atom is 0.413 e. The maximum absolute atomic E-state index is 13.2. The number of nitrogens with one attached hydrogen (secondary N) is 3. The van der Waals surface area contributed by atoms with Crippen LogP contribution < -0.4 is 21.7 Å². The Bertz CT molecular complexity index is 1960. The van der Waals surface area contributed by atoms with Crippen molar-refractivity contribution in [2.24, 2.45) is 46.3 Å². The SMILES string of the molecule is CC(C)CCC[C@@H](C)[C@H]1CC[C@H]2[C@@H]3CC=C4C[C@@H](OC(=O)Nc5cccc(NC(=O)c6cccc(C(=O)Nc7cccc(N)n7)c6)n5)CC[C@]4(C)[C@H]3CC[C@]12C. The third-order valence-electron chi connectivity index (χ3n) is 14.2. The summed E-state index contributed by atoms with van der Waals surface area (Å²) >= 11 is 0. The summed E-state index contributed by atoms with van der Waals surface area (Å²) in [5.41, 5.74) is 8.38. The first-order valence-electron chi connectivity index (χ1n) is 20.9. The lowest BCUT2D eigenvalue weighted by Crippen LogP contribution is -2.51. The number of nitrogens with two attached hydrogens (primary N) is 1. The second-order valence-corrected chi connectivity index (χ2v) is 18.0. The molecule has 4 aliphatic rings. The van der Waals surface area contributed by atoms with Gasteiger partial charge in [-0.1, -0.05) is 83.7 Å². The fraction of sp³-hybridized carbons (Fsp3) is 0.543. The Morgan fingerprint density at radius 2 is 1.46 bits per heavy atom. The summed E-state index contributed by atoms with van der Waals surface area (Å²) < 4.78 is 6.01. The smallest absolute Gasteiger partial charge is 0.413 e. The molecule has 0 radical (unpaired) electrons. The minimum absolute atomic E-state index is 0.173. The van der Waals surface area contributed by atoms with E-state index in [0.717, 1.165) is 55.3 Å². The molecular weight excluding hydrogens is 701 g/mol. The third kappa shape index (κ3) is 8.35. The average molecular weight is 761 g/mol. The van der Waals surface area contributed by atoms with Crippen molar-refractivity contribution in [2.45, 2.75) is 111 Å². The molecule has 2 heterocycles. The first-order chi connectivity index (χ1) is 26.8. The minimum Gasteiger partial charge on any atom is -0.446 e. The molecule has 3 saturated carbocycles. The summed E-state index contributed by atoms with van der Waals surface area (Å²) in [6.07, 6.45) is 15.1. The van der Waals surface area contributed by atoms with Crippen molar-refractivity contribution in [1.29, 1.82) is 0 Å². The first-order valence-corrected chi connectivity index (χ1v) is 20.9. The van der Waals surface area contributed by atoms with Crippen molar-refractivity contribution < 1.29 is 19.1 Å². The van der Waals surface area contributed by atoms with Crippen LogP contribution in [0.4, 0.5) is 28.1 Å². The summed E-state index contributed by atoms with van der Waals surface area (Å²) in [4.78, 5) is 47.7. The van der Waals surface area contributed by atoms with Gasteiger partial charge in [0, 0.05) is 17.5 Å². The number of ether oxygens (including phenoxy) is 1. The maximum atomic E-state index is 13.2. The molecule has 0 spiro atoms. The van der Waals surface area contributed by atoms with Crippen molar-refractivity contribution in [3.8, 4) is 0 Å². The van der Waals surface area contributed by atoms with Gasteiger partial charge in [-0.15, -0.1) is 0 Å². The summed E-state index contributed by atoms with van der Waals surface area (Å²) in [7, 11) is 0. The molecule has 8 atom stereocenters. The van der Waals surface area contributed by atoms with E-state index >= 15 is 0 Å². The van der Waals surface area contributed by atoms with Crippen LogP contribution in [0.3, 0.4) is 0 Å². The van der Waals surface area contributed by atoms with Crippen LogP contribution in [0.5, 0.6) is 0 Å². The van der Waals surface area contributed by atoms with Crippen molar-refractivity contribution >= 4 is 41.2 Å². The number of hydrogen-bond donors (Lipinski definition) is 4. The Morgan fingerprint density at radius 1 is 0.804 bits per heavy atom. The molecule has 7 rings (SSSR count). The van der Waals surface area contributed by atoms with Crippen LogP contribution in [-0.4, -0.2) is 34.0 Å². The van der Waals surface area contributed by atoms with E-state index in [1.54, 1.807) is 54.6 Å². The number of hydrogen-bond acceptors (Lipinski definition) is 7. The lowest BCUT2D eigenvalue weighted by atomic mass is 9.47. The molecule has 4 aliphatic carbocycles. The second kappa shape index (κ2) is 16.4. The molecule has 2 aromatic heterocycles. The van der Waals surface area contributed by atoms with Gasteiger partial charge in [-0.3, -0.25) is 14.9 Å². The first kappa shape index (κ1) is 39.5. The van der Waals surface area contributed by atoms with Gasteiger partial charge >= 0.3 is 6.09 Å². The lowest BCUT2D eigenvalue weighted by Gasteiger charge is -2.58. The standard InChI is InChI=1S/C46H60N6O4/c1-28(2)10-6-11-29(3)35-20-21-36-34-19-18-32-27-33(22-24-45(32,4)37(34)23-25-46(35,36)5)56-44(55)52-41-17-9-16-40(49-41)51-43(54)31-13-7-12-30(26-31)42(53)50-39-15-8-14-38(47)48-39/h7-9,12-18,26,28-29,33-37H,6,10-11,19-25,27H2,1-5H3,(H3,47,48,50,53)(H2,49,51,52,54,55)/t29-,33+,34+,35-,36+,37+,45+,46-/m1/s1. The van der Waals surface area contributed by atoms with E-state index in [1.807, 2.05) is 0 Å². The number of carbonyl (C=O) groups excluding carboxylic acids is 3. The number of benzene rings is 1. The highest BCUT2D eigenvalue weighted by molar-refractivity contribution is 6.08. The molecule has 0 bridgehead atoms. The molecule has 298 valence electrons. The number of pyridine rings is 2. The molecular formula is C46H60N6O4. The summed E-state index contributed by atoms with van der Waals surface area (Å²) in [5, 5.41) is 8.22. The van der Waals surface area contributed by atoms with Crippen LogP contribution in [0, 0.1) is 46.3 Å². The molecule has 0 saturated heterocycles. The normalized spacial score (nSPS) is 28.5. The van der Waals surface area contributed by atoms with E-state index < -0.39 is 17.9 Å². The number of amides is 3.